The summed E-state index contributed by atoms with van der Waals surface area (Å²) in [6, 6.07) is 22.8. The van der Waals surface area contributed by atoms with Crippen LogP contribution in [0.15, 0.2) is 66.7 Å². The molecular weight excluding hydrogens is 510 g/mol. The van der Waals surface area contributed by atoms with Crippen LogP contribution < -0.4 is 16.0 Å². The summed E-state index contributed by atoms with van der Waals surface area (Å²) < 4.78 is 5.37. The van der Waals surface area contributed by atoms with Gasteiger partial charge < -0.3 is 25.8 Å². The first kappa shape index (κ1) is 29.3. The number of aliphatic hydroxyl groups excluding tert-OH is 1. The summed E-state index contributed by atoms with van der Waals surface area (Å²) in [6.45, 7) is 6.09. The van der Waals surface area contributed by atoms with E-state index in [2.05, 4.69) is 78.3 Å². The third-order valence-corrected chi connectivity index (χ3v) is 8.52. The Labute approximate surface area is 244 Å². The second-order valence-corrected chi connectivity index (χ2v) is 12.2. The van der Waals surface area contributed by atoms with Crippen molar-refractivity contribution < 1.29 is 14.6 Å². The van der Waals surface area contributed by atoms with Gasteiger partial charge in [-0.1, -0.05) is 62.4 Å². The van der Waals surface area contributed by atoms with E-state index in [1.165, 1.54) is 16.7 Å². The molecule has 0 radical (unpaired) electrons. The number of aliphatic hydroxyl groups is 1. The number of amides is 1. The topological polar surface area (TPSA) is 82.6 Å². The number of rotatable bonds is 8. The summed E-state index contributed by atoms with van der Waals surface area (Å²) in [5, 5.41) is 21.9. The molecule has 0 saturated heterocycles. The van der Waals surface area contributed by atoms with Gasteiger partial charge >= 0.3 is 0 Å². The van der Waals surface area contributed by atoms with Crippen molar-refractivity contribution in [3.8, 4) is 0 Å². The van der Waals surface area contributed by atoms with E-state index >= 15 is 0 Å². The van der Waals surface area contributed by atoms with Crippen LogP contribution in [0.4, 0.5) is 5.69 Å². The van der Waals surface area contributed by atoms with Gasteiger partial charge in [0.05, 0.1) is 18.8 Å². The monoisotopic (exact) mass is 555 g/mol. The van der Waals surface area contributed by atoms with Crippen LogP contribution in [0.25, 0.3) is 0 Å². The van der Waals surface area contributed by atoms with Crippen molar-refractivity contribution in [3.05, 3.63) is 100 Å². The lowest BCUT2D eigenvalue weighted by atomic mass is 9.95. The first-order chi connectivity index (χ1) is 19.8. The van der Waals surface area contributed by atoms with Crippen LogP contribution in [0, 0.1) is 0 Å². The van der Waals surface area contributed by atoms with Gasteiger partial charge in [0.1, 0.15) is 0 Å². The predicted molar refractivity (Wildman–Crippen MR) is 165 cm³/mol. The van der Waals surface area contributed by atoms with E-state index in [-0.39, 0.29) is 11.4 Å². The van der Waals surface area contributed by atoms with E-state index < -0.39 is 12.1 Å². The zero-order chi connectivity index (χ0) is 28.8. The Bertz CT molecular complexity index is 1330. The maximum atomic E-state index is 13.6. The van der Waals surface area contributed by atoms with Gasteiger partial charge in [-0.05, 0) is 90.5 Å². The van der Waals surface area contributed by atoms with Gasteiger partial charge in [0, 0.05) is 37.0 Å². The fourth-order valence-electron chi connectivity index (χ4n) is 5.89. The molecule has 1 saturated carbocycles. The highest BCUT2D eigenvalue weighted by Crippen LogP contribution is 2.46. The van der Waals surface area contributed by atoms with Crippen molar-refractivity contribution >= 4 is 11.6 Å². The number of hydrogen-bond donors (Lipinski definition) is 4. The van der Waals surface area contributed by atoms with Crippen LogP contribution in [0.3, 0.4) is 0 Å². The van der Waals surface area contributed by atoms with E-state index in [0.717, 1.165) is 55.5 Å². The maximum absolute atomic E-state index is 13.6. The molecule has 1 aliphatic heterocycles. The maximum Gasteiger partial charge on any atom is 0.251 e. The smallest absolute Gasteiger partial charge is 0.251 e. The van der Waals surface area contributed by atoms with Gasteiger partial charge in [0.2, 0.25) is 0 Å². The van der Waals surface area contributed by atoms with Gasteiger partial charge in [-0.15, -0.1) is 0 Å². The average molecular weight is 556 g/mol. The Morgan fingerprint density at radius 1 is 1.02 bits per heavy atom. The predicted octanol–water partition coefficient (Wildman–Crippen LogP) is 5.69. The van der Waals surface area contributed by atoms with Crippen LogP contribution in [0.5, 0.6) is 0 Å². The van der Waals surface area contributed by atoms with Crippen LogP contribution >= 0.6 is 0 Å². The van der Waals surface area contributed by atoms with Crippen molar-refractivity contribution in [2.75, 3.05) is 25.5 Å². The zero-order valence-electron chi connectivity index (χ0n) is 24.7. The minimum Gasteiger partial charge on any atom is -0.390 e. The lowest BCUT2D eigenvalue weighted by Crippen LogP contribution is -2.50. The number of fused-ring (bicyclic) bond motifs is 4. The number of carbonyl (C=O) groups excluding carboxylic acids is 1. The third kappa shape index (κ3) is 7.56. The largest absolute Gasteiger partial charge is 0.390 e. The molecule has 0 unspecified atom stereocenters. The lowest BCUT2D eigenvalue weighted by molar-refractivity contribution is 0.0822. The van der Waals surface area contributed by atoms with Gasteiger partial charge in [-0.25, -0.2) is 0 Å². The molecule has 6 nitrogen and oxygen atoms in total. The van der Waals surface area contributed by atoms with E-state index in [1.54, 1.807) is 7.11 Å². The molecule has 1 heterocycles. The number of aryl methyl sites for hydroxylation is 1. The number of ether oxygens (including phenoxy) is 1. The molecule has 1 aliphatic carbocycles. The molecule has 218 valence electrons. The quantitative estimate of drug-likeness (QED) is 0.287. The second kappa shape index (κ2) is 13.2. The highest BCUT2D eigenvalue weighted by atomic mass is 16.5. The highest BCUT2D eigenvalue weighted by molar-refractivity contribution is 5.95. The number of benzene rings is 3. The molecule has 1 amide bonds. The minimum atomic E-state index is -0.760. The molecule has 3 aromatic carbocycles. The molecule has 3 aromatic rings. The summed E-state index contributed by atoms with van der Waals surface area (Å²) in [6.07, 6.45) is 5.00. The second-order valence-electron chi connectivity index (χ2n) is 12.2. The molecule has 2 atom stereocenters. The molecule has 0 aromatic heterocycles. The van der Waals surface area contributed by atoms with Gasteiger partial charge in [-0.2, -0.15) is 0 Å². The van der Waals surface area contributed by atoms with E-state index in [0.29, 0.717) is 31.1 Å². The summed E-state index contributed by atoms with van der Waals surface area (Å²) in [5.74, 6) is 0.279. The number of nitrogens with one attached hydrogen (secondary N) is 3. The van der Waals surface area contributed by atoms with Crippen LogP contribution in [-0.2, 0) is 29.7 Å². The molecule has 4 N–H and O–H groups in total. The third-order valence-electron chi connectivity index (χ3n) is 8.52. The molecular formula is C35H45N3O3. The van der Waals surface area contributed by atoms with Gasteiger partial charge in [0.25, 0.3) is 5.91 Å². The molecule has 4 bridgehead atoms. The highest BCUT2D eigenvalue weighted by Gasteiger charge is 2.44. The molecule has 0 spiro atoms. The minimum absolute atomic E-state index is 0.106. The van der Waals surface area contributed by atoms with E-state index in [4.69, 9.17) is 4.74 Å². The SMILES string of the molecule is COCc1cc2cc(c1)C(=O)N[C@@H]([C@@H](O)CNC1(c3cccc(C(C)C)c3)CC1)Cc1cccc(c1)CCCCN2. The fraction of sp³-hybridized carbons (Fsp3) is 0.457. The summed E-state index contributed by atoms with van der Waals surface area (Å²) >= 11 is 0. The Kier molecular flexibility index (Phi) is 9.43. The normalized spacial score (nSPS) is 19.4. The van der Waals surface area contributed by atoms with Crippen LogP contribution in [0.1, 0.15) is 83.6 Å². The van der Waals surface area contributed by atoms with Crippen molar-refractivity contribution in [2.45, 2.75) is 82.6 Å². The Morgan fingerprint density at radius 2 is 1.83 bits per heavy atom. The summed E-state index contributed by atoms with van der Waals surface area (Å²) in [5.41, 5.74) is 7.35. The molecule has 5 rings (SSSR count). The Balaban J connectivity index is 1.38. The number of carbonyl (C=O) groups is 1. The first-order valence-corrected chi connectivity index (χ1v) is 15.1. The summed E-state index contributed by atoms with van der Waals surface area (Å²) in [7, 11) is 1.66. The molecule has 41 heavy (non-hydrogen) atoms. The van der Waals surface area contributed by atoms with Crippen molar-refractivity contribution in [2.24, 2.45) is 0 Å². The molecule has 2 aliphatic rings. The van der Waals surface area contributed by atoms with Crippen molar-refractivity contribution in [3.63, 3.8) is 0 Å². The van der Waals surface area contributed by atoms with E-state index in [1.807, 2.05) is 18.2 Å². The lowest BCUT2D eigenvalue weighted by Gasteiger charge is -2.28. The number of methoxy groups -OCH3 is 1. The van der Waals surface area contributed by atoms with Crippen molar-refractivity contribution in [1.82, 2.24) is 10.6 Å². The zero-order valence-corrected chi connectivity index (χ0v) is 24.7. The van der Waals surface area contributed by atoms with Gasteiger partial charge in [0.15, 0.2) is 0 Å². The Hall–Kier alpha value is -3.19. The Morgan fingerprint density at radius 3 is 2.61 bits per heavy atom. The van der Waals surface area contributed by atoms with Crippen LogP contribution in [-0.4, -0.2) is 43.4 Å². The first-order valence-electron chi connectivity index (χ1n) is 15.1. The number of hydrogen-bond acceptors (Lipinski definition) is 5. The van der Waals surface area contributed by atoms with Crippen LogP contribution in [0.2, 0.25) is 0 Å². The number of anilines is 1. The van der Waals surface area contributed by atoms with E-state index in [9.17, 15) is 9.90 Å². The van der Waals surface area contributed by atoms with Crippen molar-refractivity contribution in [1.29, 1.82) is 0 Å². The standard InChI is InChI=1S/C35H45N3O3/c1-24(2)28-11-7-12-30(20-28)35(13-14-35)37-22-33(39)32-19-26-10-6-9-25(16-26)8-4-5-15-36-31-18-27(23-41-3)17-29(21-31)34(40)38-32/h6-7,9-12,16-18,20-21,24,32-33,36-37,39H,4-5,8,13-15,19,22-23H2,1-3H3,(H,38,40)/t32-,33+/m1/s1. The van der Waals surface area contributed by atoms with Gasteiger partial charge in [-0.3, -0.25) is 4.79 Å². The molecule has 1 fully saturated rings. The summed E-state index contributed by atoms with van der Waals surface area (Å²) in [4.78, 5) is 13.6. The molecule has 6 heteroatoms. The average Bonchev–Trinajstić information content (AvgIpc) is 3.76. The fourth-order valence-corrected chi connectivity index (χ4v) is 5.89.